The van der Waals surface area contributed by atoms with Crippen LogP contribution in [-0.2, 0) is 4.79 Å². The van der Waals surface area contributed by atoms with Gasteiger partial charge in [-0.05, 0) is 0 Å². The molecular weight excluding hydrogens is 154 g/mol. The summed E-state index contributed by atoms with van der Waals surface area (Å²) in [5, 5.41) is 31.2. The molecular formula is C5H13NO5. The van der Waals surface area contributed by atoms with Gasteiger partial charge in [0.15, 0.2) is 12.5 Å². The van der Waals surface area contributed by atoms with E-state index < -0.39 is 18.5 Å². The van der Waals surface area contributed by atoms with Crippen molar-refractivity contribution >= 4 is 5.97 Å². The Morgan fingerprint density at radius 1 is 1.45 bits per heavy atom. The van der Waals surface area contributed by atoms with Crippen LogP contribution in [0.3, 0.4) is 0 Å². The Kier molecular flexibility index (Phi) is 8.73. The maximum absolute atomic E-state index is 9.37. The number of carbonyl (C=O) groups is 1. The van der Waals surface area contributed by atoms with Gasteiger partial charge in [-0.3, -0.25) is 4.79 Å². The van der Waals surface area contributed by atoms with Gasteiger partial charge in [-0.15, -0.1) is 0 Å². The highest BCUT2D eigenvalue weighted by atomic mass is 16.5. The number of aliphatic hydroxyl groups is 3. The monoisotopic (exact) mass is 167 g/mol. The van der Waals surface area contributed by atoms with Gasteiger partial charge in [-0.25, -0.2) is 0 Å². The number of nitrogens with two attached hydrogens (primary N) is 1. The highest BCUT2D eigenvalue weighted by molar-refractivity contribution is 5.66. The van der Waals surface area contributed by atoms with Crippen LogP contribution in [0.25, 0.3) is 0 Å². The van der Waals surface area contributed by atoms with Crippen molar-refractivity contribution in [1.82, 2.24) is 0 Å². The van der Waals surface area contributed by atoms with Gasteiger partial charge in [0.2, 0.25) is 0 Å². The van der Waals surface area contributed by atoms with Crippen molar-refractivity contribution in [2.75, 3.05) is 0 Å². The fraction of sp³-hybridized carbons (Fsp3) is 0.800. The zero-order valence-electron chi connectivity index (χ0n) is 6.14. The molecule has 0 aliphatic heterocycles. The topological polar surface area (TPSA) is 124 Å². The molecule has 0 rings (SSSR count). The molecule has 0 aliphatic rings. The number of aliphatic hydroxyl groups excluding tert-OH is 2. The van der Waals surface area contributed by atoms with E-state index in [2.05, 4.69) is 5.73 Å². The summed E-state index contributed by atoms with van der Waals surface area (Å²) in [5.41, 5.74) is 4.49. The largest absolute Gasteiger partial charge is 0.481 e. The van der Waals surface area contributed by atoms with E-state index in [4.69, 9.17) is 20.4 Å². The molecule has 0 bridgehead atoms. The third-order valence-electron chi connectivity index (χ3n) is 0.608. The van der Waals surface area contributed by atoms with Crippen molar-refractivity contribution in [2.45, 2.75) is 25.9 Å². The summed E-state index contributed by atoms with van der Waals surface area (Å²) in [7, 11) is 0. The molecule has 6 heteroatoms. The lowest BCUT2D eigenvalue weighted by atomic mass is 10.5. The molecule has 0 heterocycles. The summed E-state index contributed by atoms with van der Waals surface area (Å²) < 4.78 is 0. The SMILES string of the molecule is CCC(=O)O.NC(O)C(O)O. The van der Waals surface area contributed by atoms with Crippen molar-refractivity contribution in [2.24, 2.45) is 5.73 Å². The highest BCUT2D eigenvalue weighted by Gasteiger charge is 2.02. The molecule has 0 aliphatic carbocycles. The molecule has 0 aromatic carbocycles. The van der Waals surface area contributed by atoms with Crippen LogP contribution >= 0.6 is 0 Å². The van der Waals surface area contributed by atoms with Gasteiger partial charge < -0.3 is 26.2 Å². The van der Waals surface area contributed by atoms with Crippen LogP contribution in [0.1, 0.15) is 13.3 Å². The smallest absolute Gasteiger partial charge is 0.303 e. The minimum atomic E-state index is -1.81. The van der Waals surface area contributed by atoms with Crippen LogP contribution < -0.4 is 5.73 Å². The molecule has 6 nitrogen and oxygen atoms in total. The first kappa shape index (κ1) is 12.9. The normalized spacial score (nSPS) is 11.8. The standard InChI is InChI=1S/C3H6O2.C2H7NO3/c1-2-3(4)5;3-1(4)2(5)6/h2H2,1H3,(H,4,5);1-2,4-6H,3H2. The van der Waals surface area contributed by atoms with Crippen molar-refractivity contribution in [3.63, 3.8) is 0 Å². The van der Waals surface area contributed by atoms with Crippen LogP contribution in [-0.4, -0.2) is 38.9 Å². The Labute approximate surface area is 63.9 Å². The quantitative estimate of drug-likeness (QED) is 0.305. The lowest BCUT2D eigenvalue weighted by Gasteiger charge is -2.02. The molecule has 0 saturated carbocycles. The highest BCUT2D eigenvalue weighted by Crippen LogP contribution is 1.73. The van der Waals surface area contributed by atoms with E-state index in [-0.39, 0.29) is 6.42 Å². The zero-order chi connectivity index (χ0) is 9.44. The minimum absolute atomic E-state index is 0.222. The molecule has 0 aromatic rings. The first-order valence-electron chi connectivity index (χ1n) is 2.93. The number of aliphatic carboxylic acids is 1. The molecule has 1 atom stereocenters. The van der Waals surface area contributed by atoms with Crippen molar-refractivity contribution in [1.29, 1.82) is 0 Å². The van der Waals surface area contributed by atoms with Gasteiger partial charge in [0.25, 0.3) is 0 Å². The fourth-order valence-electron chi connectivity index (χ4n) is 0. The van der Waals surface area contributed by atoms with Crippen molar-refractivity contribution < 1.29 is 25.2 Å². The van der Waals surface area contributed by atoms with Gasteiger partial charge in [-0.1, -0.05) is 6.92 Å². The molecule has 0 radical (unpaired) electrons. The molecule has 0 saturated heterocycles. The van der Waals surface area contributed by atoms with E-state index in [1.165, 1.54) is 0 Å². The lowest BCUT2D eigenvalue weighted by molar-refractivity contribution is -0.136. The van der Waals surface area contributed by atoms with Crippen molar-refractivity contribution in [3.05, 3.63) is 0 Å². The van der Waals surface area contributed by atoms with E-state index in [0.717, 1.165) is 0 Å². The Bertz CT molecular complexity index is 97.0. The average molecular weight is 167 g/mol. The molecule has 68 valence electrons. The van der Waals surface area contributed by atoms with Crippen LogP contribution in [0.2, 0.25) is 0 Å². The summed E-state index contributed by atoms with van der Waals surface area (Å²) in [5.74, 6) is -0.745. The Morgan fingerprint density at radius 3 is 1.64 bits per heavy atom. The van der Waals surface area contributed by atoms with Gasteiger partial charge >= 0.3 is 5.97 Å². The number of hydrogen-bond acceptors (Lipinski definition) is 5. The molecule has 6 N–H and O–H groups in total. The second-order valence-corrected chi connectivity index (χ2v) is 1.65. The van der Waals surface area contributed by atoms with E-state index in [1.54, 1.807) is 6.92 Å². The third-order valence-corrected chi connectivity index (χ3v) is 0.608. The first-order valence-corrected chi connectivity index (χ1v) is 2.93. The Morgan fingerprint density at radius 2 is 1.64 bits per heavy atom. The van der Waals surface area contributed by atoms with E-state index in [1.807, 2.05) is 0 Å². The summed E-state index contributed by atoms with van der Waals surface area (Å²) in [6.45, 7) is 1.60. The molecule has 0 spiro atoms. The minimum Gasteiger partial charge on any atom is -0.481 e. The Hall–Kier alpha value is -0.690. The number of carboxylic acid groups (broad SMARTS) is 1. The maximum atomic E-state index is 9.37. The second-order valence-electron chi connectivity index (χ2n) is 1.65. The number of carboxylic acids is 1. The molecule has 0 amide bonds. The maximum Gasteiger partial charge on any atom is 0.303 e. The second kappa shape index (κ2) is 7.42. The van der Waals surface area contributed by atoms with Crippen LogP contribution in [0.5, 0.6) is 0 Å². The first-order chi connectivity index (χ1) is 4.91. The molecule has 0 aromatic heterocycles. The van der Waals surface area contributed by atoms with E-state index >= 15 is 0 Å². The average Bonchev–Trinajstić information content (AvgIpc) is 1.89. The van der Waals surface area contributed by atoms with Gasteiger partial charge in [-0.2, -0.15) is 0 Å². The van der Waals surface area contributed by atoms with E-state index in [9.17, 15) is 4.79 Å². The van der Waals surface area contributed by atoms with Gasteiger partial charge in [0.1, 0.15) is 0 Å². The molecule has 0 fully saturated rings. The summed E-state index contributed by atoms with van der Waals surface area (Å²) in [6, 6.07) is 0. The molecule has 11 heavy (non-hydrogen) atoms. The number of hydrogen-bond donors (Lipinski definition) is 5. The van der Waals surface area contributed by atoms with Gasteiger partial charge in [0.05, 0.1) is 0 Å². The van der Waals surface area contributed by atoms with E-state index in [0.29, 0.717) is 0 Å². The predicted molar refractivity (Wildman–Crippen MR) is 36.3 cm³/mol. The van der Waals surface area contributed by atoms with Crippen LogP contribution in [0.15, 0.2) is 0 Å². The third kappa shape index (κ3) is 17.6. The fourth-order valence-corrected chi connectivity index (χ4v) is 0. The summed E-state index contributed by atoms with van der Waals surface area (Å²) in [4.78, 5) is 9.37. The summed E-state index contributed by atoms with van der Waals surface area (Å²) in [6.07, 6.45) is -3.13. The predicted octanol–water partition coefficient (Wildman–Crippen LogP) is -1.94. The number of rotatable bonds is 2. The van der Waals surface area contributed by atoms with Gasteiger partial charge in [0, 0.05) is 6.42 Å². The summed E-state index contributed by atoms with van der Waals surface area (Å²) >= 11 is 0. The molecule has 1 unspecified atom stereocenters. The zero-order valence-corrected chi connectivity index (χ0v) is 6.14. The van der Waals surface area contributed by atoms with Crippen molar-refractivity contribution in [3.8, 4) is 0 Å². The Balaban J connectivity index is 0. The lowest BCUT2D eigenvalue weighted by Crippen LogP contribution is -2.33. The van der Waals surface area contributed by atoms with Crippen LogP contribution in [0, 0.1) is 0 Å². The van der Waals surface area contributed by atoms with Crippen LogP contribution in [0.4, 0.5) is 0 Å².